The standard InChI is InChI=1S/C26H24N6O2/c27-13-19-12-18(10-11-22(19)31-26(33)34-15-17-6-2-1-3-7-17)21-14-32(20-8-4-5-9-20)25-23(21)24(28)29-16-30-25/h1-3,6-7,10-12,14,16,20H,4-5,8-9,15H2,(H,31,33)(H2,28,29,30). The Morgan fingerprint density at radius 3 is 2.74 bits per heavy atom. The number of benzene rings is 2. The van der Waals surface area contributed by atoms with E-state index in [4.69, 9.17) is 10.5 Å². The summed E-state index contributed by atoms with van der Waals surface area (Å²) in [6, 6.07) is 17.3. The zero-order valence-corrected chi connectivity index (χ0v) is 18.6. The van der Waals surface area contributed by atoms with Crippen LogP contribution in [-0.2, 0) is 11.3 Å². The number of nitrogens with zero attached hydrogens (tertiary/aromatic N) is 4. The molecule has 2 aromatic heterocycles. The van der Waals surface area contributed by atoms with Crippen LogP contribution in [0.1, 0.15) is 42.9 Å². The van der Waals surface area contributed by atoms with E-state index in [-0.39, 0.29) is 6.61 Å². The predicted molar refractivity (Wildman–Crippen MR) is 130 cm³/mol. The van der Waals surface area contributed by atoms with Crippen molar-refractivity contribution in [2.24, 2.45) is 0 Å². The second kappa shape index (κ2) is 9.24. The third-order valence-corrected chi connectivity index (χ3v) is 6.26. The van der Waals surface area contributed by atoms with E-state index >= 15 is 0 Å². The molecule has 2 aromatic carbocycles. The molecule has 8 nitrogen and oxygen atoms in total. The van der Waals surface area contributed by atoms with E-state index in [0.29, 0.717) is 23.1 Å². The summed E-state index contributed by atoms with van der Waals surface area (Å²) in [4.78, 5) is 21.0. The molecule has 3 N–H and O–H groups in total. The zero-order valence-electron chi connectivity index (χ0n) is 18.6. The number of nitriles is 1. The molecule has 1 amide bonds. The molecule has 5 rings (SSSR count). The van der Waals surface area contributed by atoms with Gasteiger partial charge in [-0.05, 0) is 36.1 Å². The minimum absolute atomic E-state index is 0.145. The number of carbonyl (C=O) groups is 1. The fraction of sp³-hybridized carbons (Fsp3) is 0.231. The summed E-state index contributed by atoms with van der Waals surface area (Å²) < 4.78 is 7.47. The molecular formula is C26H24N6O2. The van der Waals surface area contributed by atoms with Crippen LogP contribution in [0.5, 0.6) is 0 Å². The quantitative estimate of drug-likeness (QED) is 0.417. The van der Waals surface area contributed by atoms with Gasteiger partial charge < -0.3 is 15.0 Å². The molecule has 0 bridgehead atoms. The molecule has 0 aliphatic heterocycles. The summed E-state index contributed by atoms with van der Waals surface area (Å²) in [5.74, 6) is 0.405. The average molecular weight is 453 g/mol. The fourth-order valence-corrected chi connectivity index (χ4v) is 4.57. The summed E-state index contributed by atoms with van der Waals surface area (Å²) in [5.41, 5.74) is 10.3. The Morgan fingerprint density at radius 1 is 1.18 bits per heavy atom. The number of amides is 1. The predicted octanol–water partition coefficient (Wildman–Crippen LogP) is 5.42. The first-order valence-corrected chi connectivity index (χ1v) is 11.3. The van der Waals surface area contributed by atoms with Gasteiger partial charge in [-0.3, -0.25) is 5.32 Å². The average Bonchev–Trinajstić information content (AvgIpc) is 3.52. The lowest BCUT2D eigenvalue weighted by Crippen LogP contribution is -2.14. The first-order valence-electron chi connectivity index (χ1n) is 11.3. The lowest BCUT2D eigenvalue weighted by Gasteiger charge is -2.12. The maximum atomic E-state index is 12.3. The van der Waals surface area contributed by atoms with Crippen LogP contribution in [0.4, 0.5) is 16.3 Å². The highest BCUT2D eigenvalue weighted by Gasteiger charge is 2.23. The first kappa shape index (κ1) is 21.5. The van der Waals surface area contributed by atoms with Crippen molar-refractivity contribution in [3.05, 3.63) is 72.2 Å². The number of anilines is 2. The highest BCUT2D eigenvalue weighted by atomic mass is 16.5. The van der Waals surface area contributed by atoms with Gasteiger partial charge in [0.1, 0.15) is 30.5 Å². The molecule has 0 unspecified atom stereocenters. The molecule has 1 aliphatic carbocycles. The van der Waals surface area contributed by atoms with Crippen LogP contribution in [0, 0.1) is 11.3 Å². The van der Waals surface area contributed by atoms with Gasteiger partial charge in [0.15, 0.2) is 0 Å². The van der Waals surface area contributed by atoms with E-state index in [9.17, 15) is 10.1 Å². The van der Waals surface area contributed by atoms with Crippen LogP contribution < -0.4 is 11.1 Å². The Morgan fingerprint density at radius 2 is 1.97 bits per heavy atom. The molecule has 34 heavy (non-hydrogen) atoms. The number of hydrogen-bond donors (Lipinski definition) is 2. The molecule has 4 aromatic rings. The number of ether oxygens (including phenoxy) is 1. The Hall–Kier alpha value is -4.38. The smallest absolute Gasteiger partial charge is 0.411 e. The molecule has 0 saturated heterocycles. The number of nitrogens with one attached hydrogen (secondary N) is 1. The second-order valence-corrected chi connectivity index (χ2v) is 8.40. The van der Waals surface area contributed by atoms with Crippen LogP contribution in [0.3, 0.4) is 0 Å². The van der Waals surface area contributed by atoms with Gasteiger partial charge in [-0.1, -0.05) is 49.2 Å². The van der Waals surface area contributed by atoms with Crippen molar-refractivity contribution < 1.29 is 9.53 Å². The summed E-state index contributed by atoms with van der Waals surface area (Å²) in [7, 11) is 0. The molecule has 1 saturated carbocycles. The van der Waals surface area contributed by atoms with Crippen LogP contribution >= 0.6 is 0 Å². The maximum absolute atomic E-state index is 12.3. The van der Waals surface area contributed by atoms with Crippen LogP contribution in [0.2, 0.25) is 0 Å². The van der Waals surface area contributed by atoms with Crippen LogP contribution in [0.25, 0.3) is 22.2 Å². The molecule has 1 aliphatic rings. The number of aromatic nitrogens is 3. The summed E-state index contributed by atoms with van der Waals surface area (Å²) in [6.45, 7) is 0.145. The molecule has 2 heterocycles. The number of rotatable bonds is 5. The lowest BCUT2D eigenvalue weighted by atomic mass is 10.0. The maximum Gasteiger partial charge on any atom is 0.411 e. The Kier molecular flexibility index (Phi) is 5.83. The van der Waals surface area contributed by atoms with Gasteiger partial charge in [0.25, 0.3) is 0 Å². The third-order valence-electron chi connectivity index (χ3n) is 6.26. The van der Waals surface area contributed by atoms with Crippen molar-refractivity contribution in [3.63, 3.8) is 0 Å². The topological polar surface area (TPSA) is 119 Å². The van der Waals surface area contributed by atoms with Crippen LogP contribution in [0.15, 0.2) is 61.1 Å². The summed E-state index contributed by atoms with van der Waals surface area (Å²) in [6.07, 6.45) is 7.52. The highest BCUT2D eigenvalue weighted by Crippen LogP contribution is 2.39. The van der Waals surface area contributed by atoms with Gasteiger partial charge in [-0.25, -0.2) is 14.8 Å². The van der Waals surface area contributed by atoms with E-state index in [1.54, 1.807) is 12.1 Å². The van der Waals surface area contributed by atoms with Gasteiger partial charge in [0.05, 0.1) is 16.6 Å². The van der Waals surface area contributed by atoms with Crippen molar-refractivity contribution in [1.29, 1.82) is 5.26 Å². The van der Waals surface area contributed by atoms with Crippen molar-refractivity contribution in [3.8, 4) is 17.2 Å². The van der Waals surface area contributed by atoms with Crippen molar-refractivity contribution in [2.45, 2.75) is 38.3 Å². The summed E-state index contributed by atoms with van der Waals surface area (Å²) in [5, 5.41) is 13.2. The number of nitrogen functional groups attached to an aromatic ring is 1. The number of nitrogens with two attached hydrogens (primary N) is 1. The van der Waals surface area contributed by atoms with Gasteiger partial charge in [0, 0.05) is 17.8 Å². The SMILES string of the molecule is N#Cc1cc(-c2cn(C3CCCC3)c3ncnc(N)c23)ccc1NC(=O)OCc1ccccc1. The van der Waals surface area contributed by atoms with E-state index < -0.39 is 6.09 Å². The third kappa shape index (κ3) is 4.16. The minimum atomic E-state index is -0.622. The summed E-state index contributed by atoms with van der Waals surface area (Å²) >= 11 is 0. The molecular weight excluding hydrogens is 428 g/mol. The van der Waals surface area contributed by atoms with E-state index in [1.165, 1.54) is 19.2 Å². The zero-order chi connectivity index (χ0) is 23.5. The lowest BCUT2D eigenvalue weighted by molar-refractivity contribution is 0.155. The van der Waals surface area contributed by atoms with Gasteiger partial charge >= 0.3 is 6.09 Å². The second-order valence-electron chi connectivity index (χ2n) is 8.40. The molecule has 1 fully saturated rings. The molecule has 0 spiro atoms. The molecule has 8 heteroatoms. The molecule has 0 radical (unpaired) electrons. The number of hydrogen-bond acceptors (Lipinski definition) is 6. The van der Waals surface area contributed by atoms with Gasteiger partial charge in [-0.2, -0.15) is 5.26 Å². The van der Waals surface area contributed by atoms with Gasteiger partial charge in [0.2, 0.25) is 0 Å². The van der Waals surface area contributed by atoms with Crippen LogP contribution in [-0.4, -0.2) is 20.6 Å². The Bertz CT molecular complexity index is 1380. The highest BCUT2D eigenvalue weighted by molar-refractivity contribution is 6.01. The fourth-order valence-electron chi connectivity index (χ4n) is 4.57. The van der Waals surface area contributed by atoms with E-state index in [2.05, 4.69) is 32.1 Å². The molecule has 0 atom stereocenters. The molecule has 170 valence electrons. The largest absolute Gasteiger partial charge is 0.444 e. The first-order chi connectivity index (χ1) is 16.6. The van der Waals surface area contributed by atoms with E-state index in [1.807, 2.05) is 36.4 Å². The number of fused-ring (bicyclic) bond motifs is 1. The Labute approximate surface area is 197 Å². The monoisotopic (exact) mass is 452 g/mol. The van der Waals surface area contributed by atoms with Crippen molar-refractivity contribution in [2.75, 3.05) is 11.1 Å². The van der Waals surface area contributed by atoms with Crippen molar-refractivity contribution in [1.82, 2.24) is 14.5 Å². The number of carbonyl (C=O) groups excluding carboxylic acids is 1. The van der Waals surface area contributed by atoms with Crippen molar-refractivity contribution >= 4 is 28.6 Å². The normalized spacial score (nSPS) is 13.6. The van der Waals surface area contributed by atoms with E-state index in [0.717, 1.165) is 40.6 Å². The minimum Gasteiger partial charge on any atom is -0.444 e. The Balaban J connectivity index is 1.43. The van der Waals surface area contributed by atoms with Gasteiger partial charge in [-0.15, -0.1) is 0 Å².